The lowest BCUT2D eigenvalue weighted by atomic mass is 9.92. The van der Waals surface area contributed by atoms with Gasteiger partial charge in [-0.05, 0) is 23.1 Å². The molecule has 0 aliphatic heterocycles. The molecule has 0 bridgehead atoms. The van der Waals surface area contributed by atoms with E-state index < -0.39 is 0 Å². The Labute approximate surface area is 96.6 Å². The van der Waals surface area contributed by atoms with E-state index in [0.29, 0.717) is 18.7 Å². The molecule has 0 aliphatic rings. The van der Waals surface area contributed by atoms with Crippen LogP contribution in [0.2, 0.25) is 0 Å². The number of carbonyl (C=O) groups excluding carboxylic acids is 1. The highest BCUT2D eigenvalue weighted by molar-refractivity contribution is 5.73. The number of hydrogen-bond donors (Lipinski definition) is 1. The first-order valence-electron chi connectivity index (χ1n) is 5.40. The van der Waals surface area contributed by atoms with E-state index in [2.05, 4.69) is 0 Å². The average Bonchev–Trinajstić information content (AvgIpc) is 2.15. The van der Waals surface area contributed by atoms with Gasteiger partial charge in [-0.25, -0.2) is 0 Å². The summed E-state index contributed by atoms with van der Waals surface area (Å²) in [6.45, 7) is 6.46. The van der Waals surface area contributed by atoms with Crippen molar-refractivity contribution in [1.29, 1.82) is 0 Å². The summed E-state index contributed by atoms with van der Waals surface area (Å²) in [5.74, 6) is 0.360. The van der Waals surface area contributed by atoms with Crippen molar-refractivity contribution in [3.63, 3.8) is 0 Å². The van der Waals surface area contributed by atoms with Gasteiger partial charge < -0.3 is 10.5 Å². The van der Waals surface area contributed by atoms with E-state index in [1.54, 1.807) is 12.1 Å². The predicted octanol–water partition coefficient (Wildman–Crippen LogP) is 2.49. The van der Waals surface area contributed by atoms with E-state index in [9.17, 15) is 4.79 Å². The van der Waals surface area contributed by atoms with E-state index >= 15 is 0 Å². The number of nitrogens with two attached hydrogens (primary N) is 1. The summed E-state index contributed by atoms with van der Waals surface area (Å²) in [6.07, 6.45) is 0.403. The van der Waals surface area contributed by atoms with Crippen LogP contribution >= 0.6 is 0 Å². The molecule has 1 rings (SSSR count). The zero-order chi connectivity index (χ0) is 12.2. The second-order valence-corrected chi connectivity index (χ2v) is 5.06. The first-order chi connectivity index (χ1) is 7.40. The van der Waals surface area contributed by atoms with Crippen LogP contribution in [0.15, 0.2) is 24.3 Å². The van der Waals surface area contributed by atoms with Crippen molar-refractivity contribution < 1.29 is 9.53 Å². The van der Waals surface area contributed by atoms with Crippen molar-refractivity contribution in [3.05, 3.63) is 29.8 Å². The average molecular weight is 221 g/mol. The lowest BCUT2D eigenvalue weighted by Crippen LogP contribution is -2.17. The van der Waals surface area contributed by atoms with Gasteiger partial charge in [-0.3, -0.25) is 4.79 Å². The molecule has 0 fully saturated rings. The van der Waals surface area contributed by atoms with Crippen LogP contribution in [0.4, 0.5) is 0 Å². The number of rotatable bonds is 3. The first kappa shape index (κ1) is 12.7. The Morgan fingerprint density at radius 1 is 1.38 bits per heavy atom. The molecule has 0 amide bonds. The van der Waals surface area contributed by atoms with Gasteiger partial charge in [0.05, 0.1) is 6.42 Å². The number of benzene rings is 1. The van der Waals surface area contributed by atoms with Crippen LogP contribution in [0.5, 0.6) is 5.75 Å². The minimum Gasteiger partial charge on any atom is -0.427 e. The monoisotopic (exact) mass is 221 g/mol. The molecule has 88 valence electrons. The van der Waals surface area contributed by atoms with E-state index in [4.69, 9.17) is 10.5 Å². The Morgan fingerprint density at radius 3 is 2.62 bits per heavy atom. The van der Waals surface area contributed by atoms with Gasteiger partial charge in [0.2, 0.25) is 0 Å². The normalized spacial score (nSPS) is 11.2. The molecule has 2 N–H and O–H groups in total. The molecular formula is C13H19NO2. The van der Waals surface area contributed by atoms with Gasteiger partial charge in [-0.1, -0.05) is 32.9 Å². The van der Waals surface area contributed by atoms with Crippen molar-refractivity contribution in [2.45, 2.75) is 33.7 Å². The quantitative estimate of drug-likeness (QED) is 0.630. The summed E-state index contributed by atoms with van der Waals surface area (Å²) >= 11 is 0. The van der Waals surface area contributed by atoms with Crippen molar-refractivity contribution in [2.75, 3.05) is 0 Å². The third-order valence-corrected chi connectivity index (χ3v) is 2.04. The highest BCUT2D eigenvalue weighted by atomic mass is 16.5. The molecule has 0 atom stereocenters. The largest absolute Gasteiger partial charge is 0.427 e. The van der Waals surface area contributed by atoms with Crippen LogP contribution in [0.1, 0.15) is 32.8 Å². The van der Waals surface area contributed by atoms with Gasteiger partial charge in [0.1, 0.15) is 5.75 Å². The van der Waals surface area contributed by atoms with Gasteiger partial charge >= 0.3 is 5.97 Å². The van der Waals surface area contributed by atoms with Crippen LogP contribution < -0.4 is 10.5 Å². The number of ether oxygens (including phenoxy) is 1. The molecule has 3 nitrogen and oxygen atoms in total. The number of carbonyl (C=O) groups is 1. The smallest absolute Gasteiger partial charge is 0.311 e. The molecule has 0 spiro atoms. The van der Waals surface area contributed by atoms with E-state index in [-0.39, 0.29) is 11.4 Å². The predicted molar refractivity (Wildman–Crippen MR) is 64.0 cm³/mol. The Hall–Kier alpha value is -1.35. The van der Waals surface area contributed by atoms with Crippen LogP contribution in [0.25, 0.3) is 0 Å². The number of hydrogen-bond acceptors (Lipinski definition) is 3. The minimum absolute atomic E-state index is 0.0530. The maximum atomic E-state index is 11.6. The highest BCUT2D eigenvalue weighted by Gasteiger charge is 2.17. The van der Waals surface area contributed by atoms with Gasteiger partial charge in [-0.2, -0.15) is 0 Å². The first-order valence-corrected chi connectivity index (χ1v) is 5.40. The molecule has 0 unspecified atom stereocenters. The van der Waals surface area contributed by atoms with Crippen molar-refractivity contribution in [2.24, 2.45) is 11.1 Å². The minimum atomic E-state index is -0.207. The lowest BCUT2D eigenvalue weighted by molar-refractivity contribution is -0.136. The summed E-state index contributed by atoms with van der Waals surface area (Å²) < 4.78 is 5.24. The van der Waals surface area contributed by atoms with Gasteiger partial charge in [0.15, 0.2) is 0 Å². The number of esters is 1. The molecule has 0 aromatic heterocycles. The molecule has 0 saturated carbocycles. The van der Waals surface area contributed by atoms with Gasteiger partial charge in [0.25, 0.3) is 0 Å². The maximum absolute atomic E-state index is 11.6. The summed E-state index contributed by atoms with van der Waals surface area (Å²) in [4.78, 5) is 11.6. The zero-order valence-corrected chi connectivity index (χ0v) is 10.1. The van der Waals surface area contributed by atoms with Crippen LogP contribution in [-0.2, 0) is 11.3 Å². The molecule has 0 radical (unpaired) electrons. The third kappa shape index (κ3) is 4.45. The Morgan fingerprint density at radius 2 is 2.06 bits per heavy atom. The van der Waals surface area contributed by atoms with Crippen molar-refractivity contribution in [1.82, 2.24) is 0 Å². The second-order valence-electron chi connectivity index (χ2n) is 5.06. The Balaban J connectivity index is 2.62. The highest BCUT2D eigenvalue weighted by Crippen LogP contribution is 2.21. The summed E-state index contributed by atoms with van der Waals surface area (Å²) in [7, 11) is 0. The SMILES string of the molecule is CC(C)(C)CC(=O)Oc1cccc(CN)c1. The summed E-state index contributed by atoms with van der Waals surface area (Å²) in [5.41, 5.74) is 6.42. The Kier molecular flexibility index (Phi) is 4.07. The molecule has 3 heteroatoms. The second kappa shape index (κ2) is 5.12. The van der Waals surface area contributed by atoms with Crippen molar-refractivity contribution in [3.8, 4) is 5.75 Å². The van der Waals surface area contributed by atoms with Gasteiger partial charge in [0, 0.05) is 6.54 Å². The molecule has 0 aliphatic carbocycles. The lowest BCUT2D eigenvalue weighted by Gasteiger charge is -2.16. The fraction of sp³-hybridized carbons (Fsp3) is 0.462. The van der Waals surface area contributed by atoms with Crippen LogP contribution in [0, 0.1) is 5.41 Å². The van der Waals surface area contributed by atoms with Gasteiger partial charge in [-0.15, -0.1) is 0 Å². The maximum Gasteiger partial charge on any atom is 0.311 e. The summed E-state index contributed by atoms with van der Waals surface area (Å²) in [5, 5.41) is 0. The van der Waals surface area contributed by atoms with E-state index in [1.807, 2.05) is 32.9 Å². The third-order valence-electron chi connectivity index (χ3n) is 2.04. The van der Waals surface area contributed by atoms with Crippen LogP contribution in [0.3, 0.4) is 0 Å². The molecule has 1 aromatic rings. The zero-order valence-electron chi connectivity index (χ0n) is 10.1. The van der Waals surface area contributed by atoms with E-state index in [0.717, 1.165) is 5.56 Å². The Bertz CT molecular complexity index is 366. The fourth-order valence-corrected chi connectivity index (χ4v) is 1.34. The molecule has 0 heterocycles. The molecule has 0 saturated heterocycles. The fourth-order valence-electron chi connectivity index (χ4n) is 1.34. The van der Waals surface area contributed by atoms with Crippen molar-refractivity contribution >= 4 is 5.97 Å². The summed E-state index contributed by atoms with van der Waals surface area (Å²) in [6, 6.07) is 7.29. The molecular weight excluding hydrogens is 202 g/mol. The standard InChI is InChI=1S/C13H19NO2/c1-13(2,3)8-12(15)16-11-6-4-5-10(7-11)9-14/h4-7H,8-9,14H2,1-3H3. The molecule has 16 heavy (non-hydrogen) atoms. The molecule has 1 aromatic carbocycles. The topological polar surface area (TPSA) is 52.3 Å². The van der Waals surface area contributed by atoms with Crippen LogP contribution in [-0.4, -0.2) is 5.97 Å². The van der Waals surface area contributed by atoms with E-state index in [1.165, 1.54) is 0 Å².